The molecule has 0 atom stereocenters. The predicted octanol–water partition coefficient (Wildman–Crippen LogP) is 4.25. The molecule has 1 heterocycles. The summed E-state index contributed by atoms with van der Waals surface area (Å²) in [7, 11) is 0. The Morgan fingerprint density at radius 3 is 2.70 bits per heavy atom. The van der Waals surface area contributed by atoms with Crippen molar-refractivity contribution < 1.29 is 14.0 Å². The summed E-state index contributed by atoms with van der Waals surface area (Å²) in [5, 5.41) is 7.10. The second kappa shape index (κ2) is 9.83. The maximum Gasteiger partial charge on any atom is 0.287 e. The van der Waals surface area contributed by atoms with E-state index in [9.17, 15) is 9.59 Å². The SMILES string of the molecule is CCCNC(=O)CNC(=O)c1oc2ccccc2c1CSC1CCCCC1. The van der Waals surface area contributed by atoms with E-state index < -0.39 is 0 Å². The molecule has 1 aliphatic carbocycles. The van der Waals surface area contributed by atoms with Crippen LogP contribution < -0.4 is 10.6 Å². The predicted molar refractivity (Wildman–Crippen MR) is 110 cm³/mol. The van der Waals surface area contributed by atoms with Crippen LogP contribution in [0.4, 0.5) is 0 Å². The van der Waals surface area contributed by atoms with Crippen molar-refractivity contribution >= 4 is 34.5 Å². The summed E-state index contributed by atoms with van der Waals surface area (Å²) in [6, 6.07) is 7.76. The molecule has 1 fully saturated rings. The molecule has 1 aromatic heterocycles. The van der Waals surface area contributed by atoms with Crippen LogP contribution in [0.3, 0.4) is 0 Å². The van der Waals surface area contributed by atoms with E-state index >= 15 is 0 Å². The van der Waals surface area contributed by atoms with Crippen LogP contribution in [0, 0.1) is 0 Å². The molecule has 0 spiro atoms. The van der Waals surface area contributed by atoms with Gasteiger partial charge in [0.25, 0.3) is 5.91 Å². The van der Waals surface area contributed by atoms with E-state index in [0.717, 1.165) is 28.7 Å². The Kier molecular flexibility index (Phi) is 7.21. The third-order valence-corrected chi connectivity index (χ3v) is 6.30. The fourth-order valence-corrected chi connectivity index (χ4v) is 4.78. The number of benzene rings is 1. The van der Waals surface area contributed by atoms with Crippen LogP contribution in [0.1, 0.15) is 61.6 Å². The number of hydrogen-bond acceptors (Lipinski definition) is 4. The van der Waals surface area contributed by atoms with Crippen molar-refractivity contribution in [3.63, 3.8) is 0 Å². The second-order valence-corrected chi connectivity index (χ2v) is 8.30. The molecule has 0 saturated heterocycles. The van der Waals surface area contributed by atoms with Crippen molar-refractivity contribution in [1.82, 2.24) is 10.6 Å². The Morgan fingerprint density at radius 1 is 1.15 bits per heavy atom. The molecular formula is C21H28N2O3S. The van der Waals surface area contributed by atoms with Crippen LogP contribution in [0.25, 0.3) is 11.0 Å². The number of amides is 2. The minimum Gasteiger partial charge on any atom is -0.451 e. The van der Waals surface area contributed by atoms with Gasteiger partial charge in [0, 0.05) is 28.5 Å². The molecule has 146 valence electrons. The number of thioether (sulfide) groups is 1. The van der Waals surface area contributed by atoms with Gasteiger partial charge in [-0.05, 0) is 25.3 Å². The Morgan fingerprint density at radius 2 is 1.93 bits per heavy atom. The van der Waals surface area contributed by atoms with Crippen molar-refractivity contribution in [1.29, 1.82) is 0 Å². The number of fused-ring (bicyclic) bond motifs is 1. The molecule has 0 aliphatic heterocycles. The smallest absolute Gasteiger partial charge is 0.287 e. The molecule has 2 amide bonds. The van der Waals surface area contributed by atoms with E-state index in [1.807, 2.05) is 43.0 Å². The number of rotatable bonds is 8. The van der Waals surface area contributed by atoms with Gasteiger partial charge < -0.3 is 15.1 Å². The van der Waals surface area contributed by atoms with Gasteiger partial charge in [0.05, 0.1) is 6.54 Å². The summed E-state index contributed by atoms with van der Waals surface area (Å²) in [5.41, 5.74) is 1.66. The monoisotopic (exact) mass is 388 g/mol. The average Bonchev–Trinajstić information content (AvgIpc) is 3.08. The summed E-state index contributed by atoms with van der Waals surface area (Å²) in [5.74, 6) is 0.589. The molecule has 2 N–H and O–H groups in total. The fraction of sp³-hybridized carbons (Fsp3) is 0.524. The molecular weight excluding hydrogens is 360 g/mol. The van der Waals surface area contributed by atoms with Gasteiger partial charge >= 0.3 is 0 Å². The van der Waals surface area contributed by atoms with E-state index in [2.05, 4.69) is 10.6 Å². The molecule has 27 heavy (non-hydrogen) atoms. The van der Waals surface area contributed by atoms with Gasteiger partial charge in [-0.2, -0.15) is 11.8 Å². The van der Waals surface area contributed by atoms with Crippen LogP contribution in [0.2, 0.25) is 0 Å². The number of nitrogens with one attached hydrogen (secondary N) is 2. The number of furan rings is 1. The number of carbonyl (C=O) groups excluding carboxylic acids is 2. The first kappa shape index (κ1) is 19.8. The van der Waals surface area contributed by atoms with Crippen LogP contribution in [-0.2, 0) is 10.5 Å². The van der Waals surface area contributed by atoms with E-state index in [-0.39, 0.29) is 18.4 Å². The maximum atomic E-state index is 12.7. The van der Waals surface area contributed by atoms with Crippen LogP contribution in [-0.4, -0.2) is 30.2 Å². The summed E-state index contributed by atoms with van der Waals surface area (Å²) in [6.07, 6.45) is 7.29. The zero-order valence-corrected chi connectivity index (χ0v) is 16.7. The van der Waals surface area contributed by atoms with Gasteiger partial charge in [0.1, 0.15) is 5.58 Å². The molecule has 0 unspecified atom stereocenters. The average molecular weight is 389 g/mol. The van der Waals surface area contributed by atoms with Crippen molar-refractivity contribution in [2.75, 3.05) is 13.1 Å². The molecule has 0 bridgehead atoms. The van der Waals surface area contributed by atoms with Gasteiger partial charge in [-0.15, -0.1) is 0 Å². The van der Waals surface area contributed by atoms with E-state index in [0.29, 0.717) is 17.6 Å². The highest BCUT2D eigenvalue weighted by Gasteiger charge is 2.22. The quantitative estimate of drug-likeness (QED) is 0.709. The van der Waals surface area contributed by atoms with Gasteiger partial charge in [-0.25, -0.2) is 0 Å². The van der Waals surface area contributed by atoms with Gasteiger partial charge in [-0.3, -0.25) is 9.59 Å². The highest BCUT2D eigenvalue weighted by molar-refractivity contribution is 7.99. The summed E-state index contributed by atoms with van der Waals surface area (Å²) < 4.78 is 5.86. The van der Waals surface area contributed by atoms with Crippen molar-refractivity contribution in [3.8, 4) is 0 Å². The largest absolute Gasteiger partial charge is 0.451 e. The van der Waals surface area contributed by atoms with Crippen molar-refractivity contribution in [3.05, 3.63) is 35.6 Å². The zero-order chi connectivity index (χ0) is 19.1. The van der Waals surface area contributed by atoms with E-state index in [1.165, 1.54) is 32.1 Å². The minimum absolute atomic E-state index is 0.0366. The normalized spacial score (nSPS) is 15.0. The first-order valence-corrected chi connectivity index (χ1v) is 10.9. The standard InChI is InChI=1S/C21H28N2O3S/c1-2-12-22-19(24)13-23-21(25)20-17(14-27-15-8-4-3-5-9-15)16-10-6-7-11-18(16)26-20/h6-7,10-11,15H,2-5,8-9,12-14H2,1H3,(H,22,24)(H,23,25). The summed E-state index contributed by atoms with van der Waals surface area (Å²) in [4.78, 5) is 24.4. The van der Waals surface area contributed by atoms with E-state index in [4.69, 9.17) is 4.42 Å². The maximum absolute atomic E-state index is 12.7. The molecule has 6 heteroatoms. The van der Waals surface area contributed by atoms with Crippen molar-refractivity contribution in [2.45, 2.75) is 56.5 Å². The third-order valence-electron chi connectivity index (χ3n) is 4.90. The van der Waals surface area contributed by atoms with Crippen LogP contribution in [0.5, 0.6) is 0 Å². The molecule has 1 aromatic carbocycles. The lowest BCUT2D eigenvalue weighted by Gasteiger charge is -2.20. The summed E-state index contributed by atoms with van der Waals surface area (Å²) in [6.45, 7) is 2.57. The molecule has 1 saturated carbocycles. The first-order valence-electron chi connectivity index (χ1n) is 9.86. The lowest BCUT2D eigenvalue weighted by molar-refractivity contribution is -0.120. The number of carbonyl (C=O) groups is 2. The molecule has 0 radical (unpaired) electrons. The Hall–Kier alpha value is -1.95. The van der Waals surface area contributed by atoms with Crippen LogP contribution >= 0.6 is 11.8 Å². The number of hydrogen-bond donors (Lipinski definition) is 2. The topological polar surface area (TPSA) is 71.3 Å². The Bertz CT molecular complexity index is 781. The number of para-hydroxylation sites is 1. The van der Waals surface area contributed by atoms with Crippen LogP contribution in [0.15, 0.2) is 28.7 Å². The fourth-order valence-electron chi connectivity index (χ4n) is 3.43. The second-order valence-electron chi connectivity index (χ2n) is 7.01. The lowest BCUT2D eigenvalue weighted by Crippen LogP contribution is -2.37. The van der Waals surface area contributed by atoms with E-state index in [1.54, 1.807) is 0 Å². The summed E-state index contributed by atoms with van der Waals surface area (Å²) >= 11 is 1.92. The molecule has 1 aliphatic rings. The Balaban J connectivity index is 1.71. The van der Waals surface area contributed by atoms with Crippen molar-refractivity contribution in [2.24, 2.45) is 0 Å². The highest BCUT2D eigenvalue weighted by atomic mass is 32.2. The highest BCUT2D eigenvalue weighted by Crippen LogP contribution is 2.34. The Labute approximate surface area is 164 Å². The van der Waals surface area contributed by atoms with Gasteiger partial charge in [-0.1, -0.05) is 44.4 Å². The first-order chi connectivity index (χ1) is 13.2. The van der Waals surface area contributed by atoms with Gasteiger partial charge in [0.15, 0.2) is 5.76 Å². The zero-order valence-electron chi connectivity index (χ0n) is 15.9. The minimum atomic E-state index is -0.322. The lowest BCUT2D eigenvalue weighted by atomic mass is 10.0. The molecule has 2 aromatic rings. The molecule has 5 nitrogen and oxygen atoms in total. The van der Waals surface area contributed by atoms with Gasteiger partial charge in [0.2, 0.25) is 5.91 Å². The molecule has 3 rings (SSSR count). The third kappa shape index (κ3) is 5.28.